The van der Waals surface area contributed by atoms with Crippen LogP contribution in [-0.2, 0) is 10.2 Å². The summed E-state index contributed by atoms with van der Waals surface area (Å²) in [6.45, 7) is 14.6. The van der Waals surface area contributed by atoms with Crippen LogP contribution < -0.4 is 10.2 Å². The average molecular weight is 411 g/mol. The number of quaternary nitrogens is 1. The molecule has 162 valence electrons. The number of amides is 1. The van der Waals surface area contributed by atoms with Gasteiger partial charge in [0.1, 0.15) is 6.04 Å². The Morgan fingerprint density at radius 1 is 1.03 bits per heavy atom. The quantitative estimate of drug-likeness (QED) is 0.794. The Bertz CT molecular complexity index is 806. The van der Waals surface area contributed by atoms with Crippen molar-refractivity contribution in [2.24, 2.45) is 5.92 Å². The third-order valence-corrected chi connectivity index (χ3v) is 5.89. The second kappa shape index (κ2) is 9.56. The van der Waals surface area contributed by atoms with Gasteiger partial charge in [-0.1, -0.05) is 58.9 Å². The molecule has 1 aliphatic heterocycles. The largest absolute Gasteiger partial charge is 0.337 e. The Labute approximate surface area is 180 Å². The lowest BCUT2D eigenvalue weighted by atomic mass is 9.85. The van der Waals surface area contributed by atoms with Crippen LogP contribution in [0.25, 0.3) is 0 Å². The third-order valence-electron chi connectivity index (χ3n) is 5.89. The lowest BCUT2D eigenvalue weighted by Crippen LogP contribution is -2.88. The van der Waals surface area contributed by atoms with Crippen LogP contribution in [0.5, 0.6) is 0 Å². The summed E-state index contributed by atoms with van der Waals surface area (Å²) in [5.41, 5.74) is 2.78. The predicted octanol–water partition coefficient (Wildman–Crippen LogP) is 2.38. The zero-order chi connectivity index (χ0) is 21.7. The molecule has 3 rings (SSSR count). The fraction of sp³-hybridized carbons (Fsp3) is 0.542. The summed E-state index contributed by atoms with van der Waals surface area (Å²) >= 11 is 0. The maximum Gasteiger partial charge on any atom is 0.277 e. The molecule has 2 aromatic rings. The minimum absolute atomic E-state index is 0.151. The van der Waals surface area contributed by atoms with Crippen LogP contribution >= 0.6 is 0 Å². The first-order valence-electron chi connectivity index (χ1n) is 11.0. The monoisotopic (exact) mass is 410 g/mol. The van der Waals surface area contributed by atoms with E-state index in [1.54, 1.807) is 12.4 Å². The number of carbonyl (C=O) groups is 1. The van der Waals surface area contributed by atoms with Crippen molar-refractivity contribution in [3.8, 4) is 0 Å². The van der Waals surface area contributed by atoms with Crippen LogP contribution in [0.15, 0.2) is 42.7 Å². The maximum absolute atomic E-state index is 12.8. The van der Waals surface area contributed by atoms with Gasteiger partial charge in [-0.15, -0.1) is 0 Å². The van der Waals surface area contributed by atoms with E-state index in [2.05, 4.69) is 79.1 Å². The van der Waals surface area contributed by atoms with Crippen LogP contribution in [0.4, 0.5) is 5.95 Å². The summed E-state index contributed by atoms with van der Waals surface area (Å²) in [4.78, 5) is 25.6. The smallest absolute Gasteiger partial charge is 0.277 e. The molecule has 0 bridgehead atoms. The van der Waals surface area contributed by atoms with Crippen LogP contribution in [0.2, 0.25) is 0 Å². The number of hydrogen-bond donors (Lipinski definition) is 1. The molecular weight excluding hydrogens is 374 g/mol. The molecule has 1 aromatic carbocycles. The first kappa shape index (κ1) is 22.2. The minimum Gasteiger partial charge on any atom is -0.337 e. The number of piperazine rings is 1. The standard InChI is InChI=1S/C24H35N5O/c1-18(2)22(19-7-9-20(10-8-19)24(3,4)5)27-17-21(30)28-13-15-29(16-14-28)23-25-11-6-12-26-23/h6-12,18,22,27H,13-17H2,1-5H3/p+1/t22-/m1/s1. The fourth-order valence-corrected chi connectivity index (χ4v) is 3.97. The van der Waals surface area contributed by atoms with Crippen LogP contribution in [0.3, 0.4) is 0 Å². The van der Waals surface area contributed by atoms with E-state index in [1.165, 1.54) is 11.1 Å². The van der Waals surface area contributed by atoms with Gasteiger partial charge in [0.15, 0.2) is 6.54 Å². The first-order chi connectivity index (χ1) is 14.3. The highest BCUT2D eigenvalue weighted by molar-refractivity contribution is 5.77. The Morgan fingerprint density at radius 2 is 1.63 bits per heavy atom. The number of rotatable bonds is 6. The van der Waals surface area contributed by atoms with Gasteiger partial charge < -0.3 is 15.1 Å². The van der Waals surface area contributed by atoms with Gasteiger partial charge in [0, 0.05) is 50.1 Å². The van der Waals surface area contributed by atoms with E-state index in [4.69, 9.17) is 0 Å². The van der Waals surface area contributed by atoms with Gasteiger partial charge in [0.2, 0.25) is 5.95 Å². The Hall–Kier alpha value is -2.47. The van der Waals surface area contributed by atoms with Crippen molar-refractivity contribution in [3.05, 3.63) is 53.9 Å². The molecule has 30 heavy (non-hydrogen) atoms. The molecule has 1 aromatic heterocycles. The van der Waals surface area contributed by atoms with E-state index in [1.807, 2.05) is 11.0 Å². The van der Waals surface area contributed by atoms with Crippen LogP contribution in [0.1, 0.15) is 51.8 Å². The molecule has 6 nitrogen and oxygen atoms in total. The summed E-state index contributed by atoms with van der Waals surface area (Å²) in [7, 11) is 0. The molecular formula is C24H36N5O+. The minimum atomic E-state index is 0.151. The number of nitrogens with zero attached hydrogens (tertiary/aromatic N) is 4. The maximum atomic E-state index is 12.8. The number of anilines is 1. The summed E-state index contributed by atoms with van der Waals surface area (Å²) in [6.07, 6.45) is 3.52. The van der Waals surface area contributed by atoms with E-state index in [-0.39, 0.29) is 17.4 Å². The zero-order valence-corrected chi connectivity index (χ0v) is 19.0. The van der Waals surface area contributed by atoms with E-state index in [9.17, 15) is 4.79 Å². The van der Waals surface area contributed by atoms with Crippen molar-refractivity contribution in [2.75, 3.05) is 37.6 Å². The summed E-state index contributed by atoms with van der Waals surface area (Å²) in [6, 6.07) is 11.0. The third kappa shape index (κ3) is 5.57. The molecule has 0 saturated carbocycles. The van der Waals surface area contributed by atoms with Crippen molar-refractivity contribution >= 4 is 11.9 Å². The first-order valence-corrected chi connectivity index (χ1v) is 11.0. The van der Waals surface area contributed by atoms with Gasteiger partial charge in [-0.3, -0.25) is 4.79 Å². The molecule has 1 atom stereocenters. The molecule has 6 heteroatoms. The van der Waals surface area contributed by atoms with Crippen molar-refractivity contribution in [1.82, 2.24) is 14.9 Å². The van der Waals surface area contributed by atoms with Crippen LogP contribution in [-0.4, -0.2) is 53.5 Å². The second-order valence-corrected chi connectivity index (χ2v) is 9.50. The highest BCUT2D eigenvalue weighted by Crippen LogP contribution is 2.25. The molecule has 2 heterocycles. The molecule has 1 amide bonds. The topological polar surface area (TPSA) is 65.9 Å². The number of nitrogens with two attached hydrogens (primary N) is 1. The number of aromatic nitrogens is 2. The molecule has 0 spiro atoms. The lowest BCUT2D eigenvalue weighted by Gasteiger charge is -2.34. The van der Waals surface area contributed by atoms with Crippen molar-refractivity contribution < 1.29 is 10.1 Å². The summed E-state index contributed by atoms with van der Waals surface area (Å²) in [5, 5.41) is 2.20. The SMILES string of the molecule is CC(C)[C@@H]([NH2+]CC(=O)N1CCN(c2ncccn2)CC1)c1ccc(C(C)(C)C)cc1. The van der Waals surface area contributed by atoms with Gasteiger partial charge in [0.25, 0.3) is 5.91 Å². The van der Waals surface area contributed by atoms with E-state index < -0.39 is 0 Å². The molecule has 1 aliphatic rings. The van der Waals surface area contributed by atoms with Crippen molar-refractivity contribution in [3.63, 3.8) is 0 Å². The second-order valence-electron chi connectivity index (χ2n) is 9.50. The Kier molecular flexibility index (Phi) is 7.08. The molecule has 1 fully saturated rings. The fourth-order valence-electron chi connectivity index (χ4n) is 3.97. The number of benzene rings is 1. The van der Waals surface area contributed by atoms with Crippen LogP contribution in [0, 0.1) is 5.92 Å². The normalized spacial score (nSPS) is 16.1. The van der Waals surface area contributed by atoms with Crippen molar-refractivity contribution in [1.29, 1.82) is 0 Å². The molecule has 0 radical (unpaired) electrons. The van der Waals surface area contributed by atoms with E-state index in [0.29, 0.717) is 12.5 Å². The van der Waals surface area contributed by atoms with Gasteiger partial charge in [-0.05, 0) is 17.0 Å². The predicted molar refractivity (Wildman–Crippen MR) is 120 cm³/mol. The lowest BCUT2D eigenvalue weighted by molar-refractivity contribution is -0.692. The highest BCUT2D eigenvalue weighted by atomic mass is 16.2. The summed E-state index contributed by atoms with van der Waals surface area (Å²) in [5.74, 6) is 1.40. The summed E-state index contributed by atoms with van der Waals surface area (Å²) < 4.78 is 0. The van der Waals surface area contributed by atoms with Gasteiger partial charge in [-0.2, -0.15) is 0 Å². The van der Waals surface area contributed by atoms with Gasteiger partial charge >= 0.3 is 0 Å². The Morgan fingerprint density at radius 3 is 2.17 bits per heavy atom. The van der Waals surface area contributed by atoms with Crippen molar-refractivity contribution in [2.45, 2.75) is 46.1 Å². The average Bonchev–Trinajstić information content (AvgIpc) is 2.74. The molecule has 0 unspecified atom stereocenters. The van der Waals surface area contributed by atoms with E-state index >= 15 is 0 Å². The molecule has 0 aliphatic carbocycles. The number of hydrogen-bond acceptors (Lipinski definition) is 4. The van der Waals surface area contributed by atoms with E-state index in [0.717, 1.165) is 32.1 Å². The van der Waals surface area contributed by atoms with Gasteiger partial charge in [-0.25, -0.2) is 9.97 Å². The Balaban J connectivity index is 1.54. The molecule has 2 N–H and O–H groups in total. The van der Waals surface area contributed by atoms with Gasteiger partial charge in [0.05, 0.1) is 0 Å². The number of carbonyl (C=O) groups excluding carboxylic acids is 1. The highest BCUT2D eigenvalue weighted by Gasteiger charge is 2.26. The molecule has 1 saturated heterocycles. The zero-order valence-electron chi connectivity index (χ0n) is 19.0.